The lowest BCUT2D eigenvalue weighted by atomic mass is 9.95. The number of likely N-dealkylation sites (tertiary alicyclic amines) is 1. The molecule has 21 heavy (non-hydrogen) atoms. The maximum absolute atomic E-state index is 12.4. The average molecular weight is 354 g/mol. The van der Waals surface area contributed by atoms with Gasteiger partial charge < -0.3 is 9.80 Å². The Kier molecular flexibility index (Phi) is 5.76. The van der Waals surface area contributed by atoms with Gasteiger partial charge in [-0.15, -0.1) is 0 Å². The van der Waals surface area contributed by atoms with Gasteiger partial charge in [0.05, 0.1) is 5.56 Å². The molecule has 0 radical (unpaired) electrons. The maximum Gasteiger partial charge on any atom is 0.255 e. The molecular weight excluding hydrogens is 330 g/mol. The van der Waals surface area contributed by atoms with Crippen molar-refractivity contribution in [3.63, 3.8) is 0 Å². The molecule has 116 valence electrons. The third kappa shape index (κ3) is 4.51. The number of aromatic nitrogens is 1. The number of carbonyl (C=O) groups is 1. The van der Waals surface area contributed by atoms with Gasteiger partial charge >= 0.3 is 0 Å². The minimum atomic E-state index is 0.0967. The number of amides is 1. The normalized spacial score (nSPS) is 16.8. The van der Waals surface area contributed by atoms with Gasteiger partial charge in [0, 0.05) is 42.5 Å². The molecule has 0 bridgehead atoms. The number of carbonyl (C=O) groups excluding carboxylic acids is 1. The van der Waals surface area contributed by atoms with Crippen LogP contribution < -0.4 is 0 Å². The summed E-state index contributed by atoms with van der Waals surface area (Å²) in [5, 5.41) is 0. The molecular formula is C16H24BrN3O. The second-order valence-corrected chi connectivity index (χ2v) is 7.08. The van der Waals surface area contributed by atoms with Gasteiger partial charge in [0.25, 0.3) is 5.91 Å². The van der Waals surface area contributed by atoms with Gasteiger partial charge in [-0.25, -0.2) is 0 Å². The standard InChI is InChI=1S/C16H24BrN3O/c1-12(2)19(3)11-13-4-6-20(7-5-13)16(21)14-8-15(17)10-18-9-14/h8-10,12-13H,4-7,11H2,1-3H3. The van der Waals surface area contributed by atoms with Crippen molar-refractivity contribution in [2.45, 2.75) is 32.7 Å². The van der Waals surface area contributed by atoms with E-state index in [1.54, 1.807) is 12.4 Å². The second kappa shape index (κ2) is 7.36. The van der Waals surface area contributed by atoms with E-state index in [1.807, 2.05) is 11.0 Å². The first-order valence-electron chi connectivity index (χ1n) is 7.57. The summed E-state index contributed by atoms with van der Waals surface area (Å²) in [5.41, 5.74) is 0.669. The molecule has 1 saturated heterocycles. The summed E-state index contributed by atoms with van der Waals surface area (Å²) >= 11 is 3.37. The topological polar surface area (TPSA) is 36.4 Å². The minimum Gasteiger partial charge on any atom is -0.339 e. The molecule has 0 unspecified atom stereocenters. The van der Waals surface area contributed by atoms with Crippen molar-refractivity contribution >= 4 is 21.8 Å². The van der Waals surface area contributed by atoms with E-state index in [0.29, 0.717) is 17.5 Å². The van der Waals surface area contributed by atoms with Gasteiger partial charge in [0.15, 0.2) is 0 Å². The predicted octanol–water partition coefficient (Wildman–Crippen LogP) is 3.04. The highest BCUT2D eigenvalue weighted by Gasteiger charge is 2.25. The van der Waals surface area contributed by atoms with E-state index in [-0.39, 0.29) is 5.91 Å². The molecule has 0 spiro atoms. The Labute approximate surface area is 135 Å². The van der Waals surface area contributed by atoms with Crippen LogP contribution in [0, 0.1) is 5.92 Å². The molecule has 2 heterocycles. The van der Waals surface area contributed by atoms with Crippen LogP contribution in [0.4, 0.5) is 0 Å². The third-order valence-electron chi connectivity index (χ3n) is 4.28. The van der Waals surface area contributed by atoms with E-state index in [4.69, 9.17) is 0 Å². The summed E-state index contributed by atoms with van der Waals surface area (Å²) in [6, 6.07) is 2.42. The second-order valence-electron chi connectivity index (χ2n) is 6.16. The first-order chi connectivity index (χ1) is 9.97. The van der Waals surface area contributed by atoms with Crippen LogP contribution in [0.1, 0.15) is 37.0 Å². The smallest absolute Gasteiger partial charge is 0.255 e. The first-order valence-corrected chi connectivity index (χ1v) is 8.36. The zero-order valence-corrected chi connectivity index (χ0v) is 14.6. The summed E-state index contributed by atoms with van der Waals surface area (Å²) < 4.78 is 0.849. The fourth-order valence-corrected chi connectivity index (χ4v) is 3.01. The number of nitrogens with zero attached hydrogens (tertiary/aromatic N) is 3. The molecule has 2 rings (SSSR count). The van der Waals surface area contributed by atoms with Crippen molar-refractivity contribution in [1.29, 1.82) is 0 Å². The van der Waals surface area contributed by atoms with Crippen molar-refractivity contribution in [3.05, 3.63) is 28.5 Å². The van der Waals surface area contributed by atoms with Gasteiger partial charge in [0.1, 0.15) is 0 Å². The lowest BCUT2D eigenvalue weighted by molar-refractivity contribution is 0.0666. The Morgan fingerprint density at radius 2 is 2.10 bits per heavy atom. The lowest BCUT2D eigenvalue weighted by Gasteiger charge is -2.35. The molecule has 1 aliphatic rings. The molecule has 0 saturated carbocycles. The Morgan fingerprint density at radius 3 is 2.67 bits per heavy atom. The quantitative estimate of drug-likeness (QED) is 0.834. The van der Waals surface area contributed by atoms with Gasteiger partial charge in [-0.2, -0.15) is 0 Å². The molecule has 0 aromatic carbocycles. The van der Waals surface area contributed by atoms with E-state index in [1.165, 1.54) is 0 Å². The Morgan fingerprint density at radius 1 is 1.43 bits per heavy atom. The fraction of sp³-hybridized carbons (Fsp3) is 0.625. The first kappa shape index (κ1) is 16.4. The van der Waals surface area contributed by atoms with Crippen LogP contribution in [-0.2, 0) is 0 Å². The summed E-state index contributed by atoms with van der Waals surface area (Å²) in [5.74, 6) is 0.793. The van der Waals surface area contributed by atoms with E-state index >= 15 is 0 Å². The van der Waals surface area contributed by atoms with Crippen LogP contribution in [0.3, 0.4) is 0 Å². The molecule has 0 atom stereocenters. The van der Waals surface area contributed by atoms with Gasteiger partial charge in [-0.1, -0.05) is 0 Å². The zero-order valence-electron chi connectivity index (χ0n) is 13.1. The molecule has 1 aromatic rings. The summed E-state index contributed by atoms with van der Waals surface area (Å²) in [6.45, 7) is 7.26. The van der Waals surface area contributed by atoms with Gasteiger partial charge in [-0.05, 0) is 61.7 Å². The molecule has 0 N–H and O–H groups in total. The molecule has 5 heteroatoms. The van der Waals surface area contributed by atoms with Crippen LogP contribution in [0.5, 0.6) is 0 Å². The maximum atomic E-state index is 12.4. The molecule has 1 amide bonds. The van der Waals surface area contributed by atoms with E-state index in [2.05, 4.69) is 46.7 Å². The van der Waals surface area contributed by atoms with Crippen molar-refractivity contribution in [2.24, 2.45) is 5.92 Å². The van der Waals surface area contributed by atoms with Gasteiger partial charge in [0.2, 0.25) is 0 Å². The number of piperidine rings is 1. The molecule has 0 aliphatic carbocycles. The summed E-state index contributed by atoms with van der Waals surface area (Å²) in [6.07, 6.45) is 5.52. The van der Waals surface area contributed by atoms with Crippen molar-refractivity contribution < 1.29 is 4.79 Å². The van der Waals surface area contributed by atoms with E-state index in [0.717, 1.165) is 36.9 Å². The third-order valence-corrected chi connectivity index (χ3v) is 4.71. The van der Waals surface area contributed by atoms with Crippen LogP contribution in [-0.4, -0.2) is 53.4 Å². The van der Waals surface area contributed by atoms with Crippen molar-refractivity contribution in [1.82, 2.24) is 14.8 Å². The Bertz CT molecular complexity index is 484. The lowest BCUT2D eigenvalue weighted by Crippen LogP contribution is -2.42. The number of halogens is 1. The Hall–Kier alpha value is -0.940. The van der Waals surface area contributed by atoms with Crippen LogP contribution in [0.2, 0.25) is 0 Å². The average Bonchev–Trinajstić information content (AvgIpc) is 2.47. The summed E-state index contributed by atoms with van der Waals surface area (Å²) in [4.78, 5) is 20.9. The zero-order chi connectivity index (χ0) is 15.4. The largest absolute Gasteiger partial charge is 0.339 e. The van der Waals surface area contributed by atoms with Gasteiger partial charge in [-0.3, -0.25) is 9.78 Å². The number of hydrogen-bond donors (Lipinski definition) is 0. The number of pyridine rings is 1. The van der Waals surface area contributed by atoms with Crippen LogP contribution >= 0.6 is 15.9 Å². The highest BCUT2D eigenvalue weighted by molar-refractivity contribution is 9.10. The van der Waals surface area contributed by atoms with Crippen molar-refractivity contribution in [2.75, 3.05) is 26.7 Å². The van der Waals surface area contributed by atoms with Crippen LogP contribution in [0.25, 0.3) is 0 Å². The van der Waals surface area contributed by atoms with Crippen molar-refractivity contribution in [3.8, 4) is 0 Å². The minimum absolute atomic E-state index is 0.0967. The van der Waals surface area contributed by atoms with E-state index in [9.17, 15) is 4.79 Å². The highest BCUT2D eigenvalue weighted by Crippen LogP contribution is 2.21. The molecule has 1 aliphatic heterocycles. The number of hydrogen-bond acceptors (Lipinski definition) is 3. The highest BCUT2D eigenvalue weighted by atomic mass is 79.9. The summed E-state index contributed by atoms with van der Waals surface area (Å²) in [7, 11) is 2.18. The van der Waals surface area contributed by atoms with Crippen LogP contribution in [0.15, 0.2) is 22.9 Å². The molecule has 1 fully saturated rings. The Balaban J connectivity index is 1.87. The molecule has 1 aromatic heterocycles. The molecule has 4 nitrogen and oxygen atoms in total. The predicted molar refractivity (Wildman–Crippen MR) is 88.3 cm³/mol. The van der Waals surface area contributed by atoms with E-state index < -0.39 is 0 Å². The number of rotatable bonds is 4. The fourth-order valence-electron chi connectivity index (χ4n) is 2.65. The SMILES string of the molecule is CC(C)N(C)CC1CCN(C(=O)c2cncc(Br)c2)CC1. The monoisotopic (exact) mass is 353 g/mol.